The van der Waals surface area contributed by atoms with Crippen LogP contribution in [0, 0.1) is 22.8 Å². The Hall–Kier alpha value is -1.39. The van der Waals surface area contributed by atoms with E-state index in [1.807, 2.05) is 5.38 Å². The van der Waals surface area contributed by atoms with Crippen molar-refractivity contribution in [1.29, 1.82) is 0 Å². The minimum Gasteiger partial charge on any atom is -0.633 e. The van der Waals surface area contributed by atoms with Gasteiger partial charge in [-0.15, -0.1) is 11.3 Å². The number of nitrogens with zero attached hydrogens (tertiary/aromatic N) is 1. The Morgan fingerprint density at radius 2 is 2.00 bits per heavy atom. The number of halogens is 2. The van der Waals surface area contributed by atoms with Crippen LogP contribution in [0.3, 0.4) is 0 Å². The highest BCUT2D eigenvalue weighted by Gasteiger charge is 2.47. The average Bonchev–Trinajstić information content (AvgIpc) is 2.98. The molecular formula is C19H23F2N2O3S2+. The zero-order valence-electron chi connectivity index (χ0n) is 15.5. The van der Waals surface area contributed by atoms with Crippen LogP contribution in [0.25, 0.3) is 11.1 Å². The van der Waals surface area contributed by atoms with Gasteiger partial charge in [-0.05, 0) is 30.0 Å². The summed E-state index contributed by atoms with van der Waals surface area (Å²) in [4.78, 5) is 0.930. The van der Waals surface area contributed by atoms with E-state index in [0.717, 1.165) is 17.6 Å². The maximum absolute atomic E-state index is 14.2. The van der Waals surface area contributed by atoms with E-state index in [0.29, 0.717) is 25.1 Å². The van der Waals surface area contributed by atoms with E-state index in [1.54, 1.807) is 6.07 Å². The van der Waals surface area contributed by atoms with E-state index in [9.17, 15) is 22.4 Å². The molecular weight excluding hydrogens is 406 g/mol. The van der Waals surface area contributed by atoms with Crippen LogP contribution in [0.4, 0.5) is 8.78 Å². The van der Waals surface area contributed by atoms with Gasteiger partial charge in [0.1, 0.15) is 18.2 Å². The van der Waals surface area contributed by atoms with Crippen LogP contribution in [-0.2, 0) is 10.0 Å². The monoisotopic (exact) mass is 429 g/mol. The molecule has 0 spiro atoms. The highest BCUT2D eigenvalue weighted by atomic mass is 32.2. The molecule has 28 heavy (non-hydrogen) atoms. The summed E-state index contributed by atoms with van der Waals surface area (Å²) < 4.78 is 52.2. The van der Waals surface area contributed by atoms with E-state index >= 15 is 0 Å². The smallest absolute Gasteiger partial charge is 0.291 e. The summed E-state index contributed by atoms with van der Waals surface area (Å²) in [5, 5.41) is 14.9. The maximum atomic E-state index is 14.2. The summed E-state index contributed by atoms with van der Waals surface area (Å²) >= 11 is 1.47. The molecule has 1 aromatic heterocycles. The normalized spacial score (nSPS) is 29.9. The minimum atomic E-state index is -3.20. The number of quaternary nitrogens is 2. The van der Waals surface area contributed by atoms with Crippen molar-refractivity contribution in [2.45, 2.75) is 24.8 Å². The average molecular weight is 430 g/mol. The highest BCUT2D eigenvalue weighted by Crippen LogP contribution is 2.53. The SMILES string of the molecule is CS(=O)(=O)[NH2+]C1CC[N+]([O-])(CC2CC2c2sccc2-c2c(F)cccc2F)C1. The molecule has 4 rings (SSSR count). The Morgan fingerprint density at radius 3 is 2.68 bits per heavy atom. The topological polar surface area (TPSA) is 73.8 Å². The first kappa shape index (κ1) is 19.9. The van der Waals surface area contributed by atoms with Crippen LogP contribution in [0.5, 0.6) is 0 Å². The molecule has 0 radical (unpaired) electrons. The van der Waals surface area contributed by atoms with Gasteiger partial charge in [-0.2, -0.15) is 8.42 Å². The van der Waals surface area contributed by atoms with Gasteiger partial charge in [0.2, 0.25) is 0 Å². The molecule has 1 saturated carbocycles. The molecule has 1 aliphatic carbocycles. The standard InChI is InChI=1S/C19H22F2N2O3S2/c1-28(25,26)22-13-5-7-23(24,11-13)10-12-9-15(12)19-14(6-8-27-19)18-16(20)3-2-4-17(18)21/h2-4,6,8,12-13,15,22H,5,7,9-11H2,1H3/p+1. The zero-order valence-corrected chi connectivity index (χ0v) is 17.1. The minimum absolute atomic E-state index is 0.000547. The summed E-state index contributed by atoms with van der Waals surface area (Å²) in [6.07, 6.45) is 2.56. The summed E-state index contributed by atoms with van der Waals surface area (Å²) in [7, 11) is -3.20. The Bertz CT molecular complexity index is 975. The van der Waals surface area contributed by atoms with E-state index in [4.69, 9.17) is 0 Å². The fourth-order valence-electron chi connectivity index (χ4n) is 4.41. The number of rotatable bonds is 6. The summed E-state index contributed by atoms with van der Waals surface area (Å²) in [5.41, 5.74) is 0.578. The molecule has 2 N–H and O–H groups in total. The number of hydrogen-bond acceptors (Lipinski definition) is 4. The summed E-state index contributed by atoms with van der Waals surface area (Å²) in [6, 6.07) is 5.40. The Labute approximate surface area is 167 Å². The van der Waals surface area contributed by atoms with Crippen LogP contribution >= 0.6 is 11.3 Å². The summed E-state index contributed by atoms with van der Waals surface area (Å²) in [6.45, 7) is 1.13. The molecule has 2 fully saturated rings. The number of sulfonamides is 1. The number of thiophene rings is 1. The lowest BCUT2D eigenvalue weighted by Crippen LogP contribution is -2.93. The Balaban J connectivity index is 1.46. The van der Waals surface area contributed by atoms with Crippen LogP contribution in [-0.4, -0.2) is 45.0 Å². The number of hydroxylamine groups is 3. The predicted octanol–water partition coefficient (Wildman–Crippen LogP) is 2.41. The van der Waals surface area contributed by atoms with Crippen molar-refractivity contribution in [2.24, 2.45) is 5.92 Å². The fourth-order valence-corrected chi connectivity index (χ4v) is 6.44. The lowest BCUT2D eigenvalue weighted by molar-refractivity contribution is -0.876. The molecule has 0 amide bonds. The van der Waals surface area contributed by atoms with Gasteiger partial charge in [0.05, 0.1) is 31.3 Å². The van der Waals surface area contributed by atoms with Crippen molar-refractivity contribution in [3.63, 3.8) is 0 Å². The Kier molecular flexibility index (Phi) is 5.08. The van der Waals surface area contributed by atoms with Gasteiger partial charge in [0, 0.05) is 22.3 Å². The Morgan fingerprint density at radius 1 is 1.29 bits per heavy atom. The van der Waals surface area contributed by atoms with Gasteiger partial charge in [-0.1, -0.05) is 6.07 Å². The van der Waals surface area contributed by atoms with Crippen LogP contribution in [0.2, 0.25) is 0 Å². The second-order valence-corrected chi connectivity index (χ2v) is 10.9. The number of nitrogens with two attached hydrogens (primary N) is 1. The lowest BCUT2D eigenvalue weighted by atomic mass is 10.0. The van der Waals surface area contributed by atoms with Crippen molar-refractivity contribution in [3.8, 4) is 11.1 Å². The van der Waals surface area contributed by atoms with Gasteiger partial charge < -0.3 is 9.85 Å². The third-order valence-corrected chi connectivity index (χ3v) is 7.60. The third kappa shape index (κ3) is 4.13. The van der Waals surface area contributed by atoms with Gasteiger partial charge in [-0.25, -0.2) is 13.5 Å². The van der Waals surface area contributed by atoms with Crippen molar-refractivity contribution in [2.75, 3.05) is 25.9 Å². The number of hydrogen-bond donors (Lipinski definition) is 1. The van der Waals surface area contributed by atoms with E-state index in [-0.39, 0.29) is 34.6 Å². The lowest BCUT2D eigenvalue weighted by Gasteiger charge is -2.38. The molecule has 0 bridgehead atoms. The van der Waals surface area contributed by atoms with Crippen molar-refractivity contribution >= 4 is 21.4 Å². The first-order valence-electron chi connectivity index (χ1n) is 9.29. The van der Waals surface area contributed by atoms with Gasteiger partial charge in [0.15, 0.2) is 6.04 Å². The summed E-state index contributed by atoms with van der Waals surface area (Å²) in [5.74, 6) is -0.858. The second-order valence-electron chi connectivity index (χ2n) is 8.06. The number of primary sulfonamides is 1. The van der Waals surface area contributed by atoms with Crippen molar-refractivity contribution in [1.82, 2.24) is 0 Å². The van der Waals surface area contributed by atoms with E-state index in [2.05, 4.69) is 0 Å². The third-order valence-electron chi connectivity index (χ3n) is 5.67. The zero-order chi connectivity index (χ0) is 20.1. The van der Waals surface area contributed by atoms with Crippen LogP contribution < -0.4 is 4.72 Å². The number of benzene rings is 1. The second kappa shape index (κ2) is 7.14. The predicted molar refractivity (Wildman–Crippen MR) is 104 cm³/mol. The van der Waals surface area contributed by atoms with Gasteiger partial charge in [-0.3, -0.25) is 0 Å². The van der Waals surface area contributed by atoms with Crippen LogP contribution in [0.15, 0.2) is 29.6 Å². The quantitative estimate of drug-likeness (QED) is 0.566. The van der Waals surface area contributed by atoms with Crippen LogP contribution in [0.1, 0.15) is 23.6 Å². The van der Waals surface area contributed by atoms with E-state index < -0.39 is 21.7 Å². The number of likely N-dealkylation sites (tertiary alicyclic amines) is 1. The highest BCUT2D eigenvalue weighted by molar-refractivity contribution is 7.84. The molecule has 1 aliphatic heterocycles. The van der Waals surface area contributed by atoms with Gasteiger partial charge in [0.25, 0.3) is 10.0 Å². The molecule has 2 aromatic rings. The van der Waals surface area contributed by atoms with Gasteiger partial charge >= 0.3 is 0 Å². The molecule has 2 heterocycles. The molecule has 4 unspecified atom stereocenters. The molecule has 4 atom stereocenters. The molecule has 1 aromatic carbocycles. The molecule has 2 aliphatic rings. The first-order chi connectivity index (χ1) is 13.2. The van der Waals surface area contributed by atoms with Crippen molar-refractivity contribution in [3.05, 3.63) is 51.4 Å². The molecule has 9 heteroatoms. The van der Waals surface area contributed by atoms with E-state index in [1.165, 1.54) is 34.3 Å². The molecule has 152 valence electrons. The molecule has 5 nitrogen and oxygen atoms in total. The van der Waals surface area contributed by atoms with Crippen molar-refractivity contribution < 1.29 is 26.6 Å². The first-order valence-corrected chi connectivity index (χ1v) is 12.1. The maximum Gasteiger partial charge on any atom is 0.291 e. The largest absolute Gasteiger partial charge is 0.633 e. The fraction of sp³-hybridized carbons (Fsp3) is 0.474. The molecule has 1 saturated heterocycles.